The molecule has 24 heavy (non-hydrogen) atoms. The molecule has 2 rings (SSSR count). The number of esters is 2. The first kappa shape index (κ1) is 18.9. The second kappa shape index (κ2) is 10.6. The van der Waals surface area contributed by atoms with E-state index < -0.39 is 5.97 Å². The van der Waals surface area contributed by atoms with E-state index in [4.69, 9.17) is 9.47 Å². The standard InChI is InChI=1S/C11H12O2.C9H8O2/c1-9(2)11(12)13-8-10-6-4-3-5-7-10;1-2-9(10)11-8-6-4-3-5-7-8/h3-7H,1,8H2,2H3;2-7H,1H2. The van der Waals surface area contributed by atoms with Gasteiger partial charge in [-0.2, -0.15) is 0 Å². The van der Waals surface area contributed by atoms with Gasteiger partial charge in [0.05, 0.1) is 0 Å². The number of para-hydroxylation sites is 1. The van der Waals surface area contributed by atoms with Gasteiger partial charge in [0.25, 0.3) is 0 Å². The lowest BCUT2D eigenvalue weighted by atomic mass is 10.2. The number of benzene rings is 2. The molecule has 0 fully saturated rings. The molecule has 0 N–H and O–H groups in total. The van der Waals surface area contributed by atoms with Crippen molar-refractivity contribution in [2.24, 2.45) is 0 Å². The fourth-order valence-electron chi connectivity index (χ4n) is 1.49. The zero-order valence-corrected chi connectivity index (χ0v) is 13.6. The van der Waals surface area contributed by atoms with Crippen LogP contribution in [0.5, 0.6) is 5.75 Å². The van der Waals surface area contributed by atoms with Gasteiger partial charge < -0.3 is 9.47 Å². The normalized spacial score (nSPS) is 9.04. The Hall–Kier alpha value is -3.14. The average Bonchev–Trinajstić information content (AvgIpc) is 2.61. The van der Waals surface area contributed by atoms with Crippen molar-refractivity contribution in [1.29, 1.82) is 0 Å². The van der Waals surface area contributed by atoms with Crippen LogP contribution >= 0.6 is 0 Å². The summed E-state index contributed by atoms with van der Waals surface area (Å²) >= 11 is 0. The lowest BCUT2D eigenvalue weighted by Gasteiger charge is -2.03. The first-order valence-corrected chi connectivity index (χ1v) is 7.28. The van der Waals surface area contributed by atoms with E-state index >= 15 is 0 Å². The zero-order valence-electron chi connectivity index (χ0n) is 13.6. The Morgan fingerprint density at radius 3 is 2.04 bits per heavy atom. The van der Waals surface area contributed by atoms with Crippen molar-refractivity contribution in [3.8, 4) is 5.75 Å². The number of carbonyl (C=O) groups excluding carboxylic acids is 2. The maximum Gasteiger partial charge on any atom is 0.335 e. The highest BCUT2D eigenvalue weighted by molar-refractivity contribution is 5.86. The molecule has 4 heteroatoms. The molecule has 0 heterocycles. The Kier molecular flexibility index (Phi) is 8.32. The first-order valence-electron chi connectivity index (χ1n) is 7.28. The molecule has 0 saturated carbocycles. The lowest BCUT2D eigenvalue weighted by Crippen LogP contribution is -2.04. The van der Waals surface area contributed by atoms with Crippen molar-refractivity contribution in [3.05, 3.63) is 91.0 Å². The second-order valence-corrected chi connectivity index (χ2v) is 4.78. The number of rotatable bonds is 5. The summed E-state index contributed by atoms with van der Waals surface area (Å²) in [6.07, 6.45) is 1.13. The minimum atomic E-state index is -0.434. The summed E-state index contributed by atoms with van der Waals surface area (Å²) in [5, 5.41) is 0. The van der Waals surface area contributed by atoms with Crippen LogP contribution in [0.4, 0.5) is 0 Å². The molecule has 0 amide bonds. The van der Waals surface area contributed by atoms with Crippen LogP contribution in [0.1, 0.15) is 12.5 Å². The predicted molar refractivity (Wildman–Crippen MR) is 93.3 cm³/mol. The number of carbonyl (C=O) groups is 2. The quantitative estimate of drug-likeness (QED) is 0.472. The third-order valence-corrected chi connectivity index (χ3v) is 2.69. The van der Waals surface area contributed by atoms with E-state index in [1.807, 2.05) is 36.4 Å². The number of ether oxygens (including phenoxy) is 2. The Labute approximate surface area is 142 Å². The molecule has 0 aliphatic rings. The van der Waals surface area contributed by atoms with Crippen LogP contribution in [0.3, 0.4) is 0 Å². The molecule has 0 saturated heterocycles. The lowest BCUT2D eigenvalue weighted by molar-refractivity contribution is -0.140. The second-order valence-electron chi connectivity index (χ2n) is 4.78. The highest BCUT2D eigenvalue weighted by atomic mass is 16.5. The molecule has 0 aromatic heterocycles. The van der Waals surface area contributed by atoms with E-state index in [0.717, 1.165) is 11.6 Å². The molecule has 0 atom stereocenters. The highest BCUT2D eigenvalue weighted by Crippen LogP contribution is 2.08. The fourth-order valence-corrected chi connectivity index (χ4v) is 1.49. The van der Waals surface area contributed by atoms with Gasteiger partial charge in [0.1, 0.15) is 12.4 Å². The zero-order chi connectivity index (χ0) is 17.8. The third kappa shape index (κ3) is 7.75. The Balaban J connectivity index is 0.000000243. The summed E-state index contributed by atoms with van der Waals surface area (Å²) in [5.74, 6) is -0.238. The van der Waals surface area contributed by atoms with Gasteiger partial charge in [-0.15, -0.1) is 0 Å². The van der Waals surface area contributed by atoms with Gasteiger partial charge in [-0.05, 0) is 24.6 Å². The molecule has 0 aliphatic carbocycles. The van der Waals surface area contributed by atoms with Crippen LogP contribution < -0.4 is 4.74 Å². The van der Waals surface area contributed by atoms with E-state index in [1.54, 1.807) is 31.2 Å². The number of hydrogen-bond acceptors (Lipinski definition) is 4. The summed E-state index contributed by atoms with van der Waals surface area (Å²) in [7, 11) is 0. The van der Waals surface area contributed by atoms with Gasteiger partial charge in [0.2, 0.25) is 0 Å². The molecular weight excluding hydrogens is 304 g/mol. The van der Waals surface area contributed by atoms with Crippen molar-refractivity contribution in [1.82, 2.24) is 0 Å². The van der Waals surface area contributed by atoms with Crippen molar-refractivity contribution in [2.75, 3.05) is 0 Å². The van der Waals surface area contributed by atoms with E-state index in [-0.39, 0.29) is 5.97 Å². The molecule has 0 bridgehead atoms. The molecule has 2 aromatic rings. The van der Waals surface area contributed by atoms with Crippen molar-refractivity contribution >= 4 is 11.9 Å². The number of hydrogen-bond donors (Lipinski definition) is 0. The van der Waals surface area contributed by atoms with Gasteiger partial charge in [0, 0.05) is 11.6 Å². The van der Waals surface area contributed by atoms with E-state index in [1.165, 1.54) is 0 Å². The summed E-state index contributed by atoms with van der Waals surface area (Å²) < 4.78 is 9.76. The monoisotopic (exact) mass is 324 g/mol. The Morgan fingerprint density at radius 2 is 1.54 bits per heavy atom. The van der Waals surface area contributed by atoms with Gasteiger partial charge in [-0.25, -0.2) is 9.59 Å². The maximum atomic E-state index is 11.0. The summed E-state index contributed by atoms with van der Waals surface area (Å²) in [4.78, 5) is 21.6. The van der Waals surface area contributed by atoms with Crippen LogP contribution in [0.2, 0.25) is 0 Å². The summed E-state index contributed by atoms with van der Waals surface area (Å²) in [6, 6.07) is 18.4. The van der Waals surface area contributed by atoms with Crippen molar-refractivity contribution < 1.29 is 19.1 Å². The van der Waals surface area contributed by atoms with Crippen molar-refractivity contribution in [2.45, 2.75) is 13.5 Å². The molecule has 0 aliphatic heterocycles. The first-order chi connectivity index (χ1) is 11.5. The molecule has 0 radical (unpaired) electrons. The van der Waals surface area contributed by atoms with Crippen LogP contribution in [0.25, 0.3) is 0 Å². The van der Waals surface area contributed by atoms with Gasteiger partial charge in [-0.3, -0.25) is 0 Å². The van der Waals surface area contributed by atoms with Crippen LogP contribution in [-0.4, -0.2) is 11.9 Å². The summed E-state index contributed by atoms with van der Waals surface area (Å²) in [6.45, 7) is 8.72. The Bertz CT molecular complexity index is 675. The third-order valence-electron chi connectivity index (χ3n) is 2.69. The maximum absolute atomic E-state index is 11.0. The van der Waals surface area contributed by atoms with Gasteiger partial charge >= 0.3 is 11.9 Å². The molecule has 0 spiro atoms. The van der Waals surface area contributed by atoms with E-state index in [2.05, 4.69) is 13.2 Å². The SMILES string of the molecule is C=C(C)C(=O)OCc1ccccc1.C=CC(=O)Oc1ccccc1. The van der Waals surface area contributed by atoms with Crippen LogP contribution in [0, 0.1) is 0 Å². The highest BCUT2D eigenvalue weighted by Gasteiger charge is 2.02. The molecule has 0 unspecified atom stereocenters. The smallest absolute Gasteiger partial charge is 0.335 e. The van der Waals surface area contributed by atoms with Gasteiger partial charge in [0.15, 0.2) is 0 Å². The predicted octanol–water partition coefficient (Wildman–Crippen LogP) is 4.08. The topological polar surface area (TPSA) is 52.6 Å². The largest absolute Gasteiger partial charge is 0.457 e. The molecule has 4 nitrogen and oxygen atoms in total. The minimum absolute atomic E-state index is 0.312. The fraction of sp³-hybridized carbons (Fsp3) is 0.100. The molecule has 2 aromatic carbocycles. The minimum Gasteiger partial charge on any atom is -0.457 e. The van der Waals surface area contributed by atoms with Crippen LogP contribution in [0.15, 0.2) is 85.5 Å². The van der Waals surface area contributed by atoms with E-state index in [9.17, 15) is 9.59 Å². The molecule has 124 valence electrons. The average molecular weight is 324 g/mol. The Morgan fingerprint density at radius 1 is 1.00 bits per heavy atom. The van der Waals surface area contributed by atoms with E-state index in [0.29, 0.717) is 17.9 Å². The summed E-state index contributed by atoms with van der Waals surface area (Å²) in [5.41, 5.74) is 1.41. The van der Waals surface area contributed by atoms with Crippen molar-refractivity contribution in [3.63, 3.8) is 0 Å². The van der Waals surface area contributed by atoms with Crippen LogP contribution in [-0.2, 0) is 20.9 Å². The van der Waals surface area contributed by atoms with Gasteiger partial charge in [-0.1, -0.05) is 61.7 Å². The molecular formula is C20H20O4.